The monoisotopic (exact) mass is 338 g/mol. The molecule has 1 aliphatic rings. The van der Waals surface area contributed by atoms with Crippen LogP contribution in [0.4, 0.5) is 5.69 Å². The van der Waals surface area contributed by atoms with Gasteiger partial charge in [-0.15, -0.1) is 0 Å². The third-order valence-corrected chi connectivity index (χ3v) is 4.35. The van der Waals surface area contributed by atoms with E-state index in [2.05, 4.69) is 15.2 Å². The predicted molar refractivity (Wildman–Crippen MR) is 96.6 cm³/mol. The Morgan fingerprint density at radius 2 is 1.88 bits per heavy atom. The standard InChI is InChI=1S/C19H22N4O2/c24-15-22-10-12-23(13-11-22)17-7-9-20-18(14-17)19(25)21-8-6-16-4-2-1-3-5-16/h1-5,7,9,14-15H,6,8,10-13H2,(H,21,25). The lowest BCUT2D eigenvalue weighted by atomic mass is 10.1. The molecule has 1 N–H and O–H groups in total. The maximum absolute atomic E-state index is 12.3. The van der Waals surface area contributed by atoms with E-state index in [-0.39, 0.29) is 5.91 Å². The van der Waals surface area contributed by atoms with Gasteiger partial charge in [-0.3, -0.25) is 14.6 Å². The summed E-state index contributed by atoms with van der Waals surface area (Å²) in [6.07, 6.45) is 3.34. The molecule has 6 nitrogen and oxygen atoms in total. The third-order valence-electron chi connectivity index (χ3n) is 4.35. The van der Waals surface area contributed by atoms with Crippen molar-refractivity contribution in [3.05, 3.63) is 59.9 Å². The molecule has 1 aliphatic heterocycles. The zero-order valence-corrected chi connectivity index (χ0v) is 14.1. The number of carbonyl (C=O) groups excluding carboxylic acids is 2. The summed E-state index contributed by atoms with van der Waals surface area (Å²) in [6.45, 7) is 3.50. The Kier molecular flexibility index (Phi) is 5.61. The zero-order valence-electron chi connectivity index (χ0n) is 14.1. The van der Waals surface area contributed by atoms with Crippen LogP contribution in [0.2, 0.25) is 0 Å². The minimum atomic E-state index is -0.163. The Labute approximate surface area is 147 Å². The van der Waals surface area contributed by atoms with Crippen molar-refractivity contribution in [1.29, 1.82) is 0 Å². The molecule has 3 rings (SSSR count). The van der Waals surface area contributed by atoms with Crippen LogP contribution >= 0.6 is 0 Å². The van der Waals surface area contributed by atoms with Gasteiger partial charge in [0.05, 0.1) is 0 Å². The van der Waals surface area contributed by atoms with Crippen molar-refractivity contribution in [2.45, 2.75) is 6.42 Å². The van der Waals surface area contributed by atoms with Gasteiger partial charge >= 0.3 is 0 Å². The number of amides is 2. The molecule has 1 saturated heterocycles. The van der Waals surface area contributed by atoms with Gasteiger partial charge in [0, 0.05) is 44.6 Å². The van der Waals surface area contributed by atoms with Crippen LogP contribution in [-0.2, 0) is 11.2 Å². The molecule has 2 heterocycles. The van der Waals surface area contributed by atoms with E-state index in [1.807, 2.05) is 42.5 Å². The summed E-state index contributed by atoms with van der Waals surface area (Å²) in [6, 6.07) is 13.8. The predicted octanol–water partition coefficient (Wildman–Crippen LogP) is 1.33. The minimum absolute atomic E-state index is 0.163. The maximum atomic E-state index is 12.3. The fraction of sp³-hybridized carbons (Fsp3) is 0.316. The molecule has 0 bridgehead atoms. The highest BCUT2D eigenvalue weighted by Gasteiger charge is 2.17. The summed E-state index contributed by atoms with van der Waals surface area (Å²) in [7, 11) is 0. The summed E-state index contributed by atoms with van der Waals surface area (Å²) in [4.78, 5) is 31.2. The summed E-state index contributed by atoms with van der Waals surface area (Å²) in [5.41, 5.74) is 2.58. The highest BCUT2D eigenvalue weighted by Crippen LogP contribution is 2.16. The van der Waals surface area contributed by atoms with E-state index in [1.54, 1.807) is 11.1 Å². The van der Waals surface area contributed by atoms with E-state index < -0.39 is 0 Å². The molecule has 0 spiro atoms. The van der Waals surface area contributed by atoms with Crippen LogP contribution in [-0.4, -0.2) is 54.9 Å². The number of rotatable bonds is 6. The molecule has 2 amide bonds. The van der Waals surface area contributed by atoms with Crippen molar-refractivity contribution in [2.75, 3.05) is 37.6 Å². The van der Waals surface area contributed by atoms with Gasteiger partial charge in [-0.1, -0.05) is 30.3 Å². The molecule has 0 aliphatic carbocycles. The van der Waals surface area contributed by atoms with Crippen molar-refractivity contribution in [2.24, 2.45) is 0 Å². The highest BCUT2D eigenvalue weighted by atomic mass is 16.2. The summed E-state index contributed by atoms with van der Waals surface area (Å²) < 4.78 is 0. The first-order valence-corrected chi connectivity index (χ1v) is 8.49. The van der Waals surface area contributed by atoms with E-state index in [0.717, 1.165) is 31.6 Å². The van der Waals surface area contributed by atoms with E-state index in [4.69, 9.17) is 0 Å². The van der Waals surface area contributed by atoms with Crippen LogP contribution in [0.3, 0.4) is 0 Å². The van der Waals surface area contributed by atoms with Gasteiger partial charge < -0.3 is 15.1 Å². The van der Waals surface area contributed by atoms with Gasteiger partial charge in [0.2, 0.25) is 6.41 Å². The van der Waals surface area contributed by atoms with E-state index in [0.29, 0.717) is 25.3 Å². The summed E-state index contributed by atoms with van der Waals surface area (Å²) >= 11 is 0. The molecule has 25 heavy (non-hydrogen) atoms. The molecule has 6 heteroatoms. The Balaban J connectivity index is 1.55. The normalized spacial score (nSPS) is 14.2. The van der Waals surface area contributed by atoms with Crippen molar-refractivity contribution < 1.29 is 9.59 Å². The number of hydrogen-bond donors (Lipinski definition) is 1. The quantitative estimate of drug-likeness (QED) is 0.807. The number of nitrogens with one attached hydrogen (secondary N) is 1. The number of hydrogen-bond acceptors (Lipinski definition) is 4. The largest absolute Gasteiger partial charge is 0.368 e. The number of aromatic nitrogens is 1. The van der Waals surface area contributed by atoms with E-state index in [9.17, 15) is 9.59 Å². The van der Waals surface area contributed by atoms with Gasteiger partial charge in [0.25, 0.3) is 5.91 Å². The topological polar surface area (TPSA) is 65.5 Å². The highest BCUT2D eigenvalue weighted by molar-refractivity contribution is 5.93. The van der Waals surface area contributed by atoms with Gasteiger partial charge in [0.1, 0.15) is 5.69 Å². The second-order valence-corrected chi connectivity index (χ2v) is 6.02. The molecule has 1 aromatic carbocycles. The lowest BCUT2D eigenvalue weighted by Gasteiger charge is -2.34. The smallest absolute Gasteiger partial charge is 0.269 e. The van der Waals surface area contributed by atoms with Crippen LogP contribution in [0, 0.1) is 0 Å². The van der Waals surface area contributed by atoms with Gasteiger partial charge in [-0.25, -0.2) is 0 Å². The molecule has 1 fully saturated rings. The minimum Gasteiger partial charge on any atom is -0.368 e. The average Bonchev–Trinajstić information content (AvgIpc) is 2.69. The molecule has 2 aromatic rings. The van der Waals surface area contributed by atoms with Gasteiger partial charge in [-0.05, 0) is 24.1 Å². The first-order valence-electron chi connectivity index (χ1n) is 8.49. The van der Waals surface area contributed by atoms with Crippen molar-refractivity contribution in [1.82, 2.24) is 15.2 Å². The average molecular weight is 338 g/mol. The fourth-order valence-electron chi connectivity index (χ4n) is 2.88. The number of nitrogens with zero attached hydrogens (tertiary/aromatic N) is 3. The van der Waals surface area contributed by atoms with Crippen molar-refractivity contribution in [3.63, 3.8) is 0 Å². The number of anilines is 1. The molecular weight excluding hydrogens is 316 g/mol. The van der Waals surface area contributed by atoms with Gasteiger partial charge in [-0.2, -0.15) is 0 Å². The molecule has 0 radical (unpaired) electrons. The molecule has 0 saturated carbocycles. The van der Waals surface area contributed by atoms with Crippen LogP contribution < -0.4 is 10.2 Å². The van der Waals surface area contributed by atoms with Crippen LogP contribution in [0.5, 0.6) is 0 Å². The Morgan fingerprint density at radius 1 is 1.12 bits per heavy atom. The Morgan fingerprint density at radius 3 is 2.60 bits per heavy atom. The number of carbonyl (C=O) groups is 2. The summed E-state index contributed by atoms with van der Waals surface area (Å²) in [5.74, 6) is -0.163. The van der Waals surface area contributed by atoms with Crippen molar-refractivity contribution in [3.8, 4) is 0 Å². The van der Waals surface area contributed by atoms with Crippen LogP contribution in [0.25, 0.3) is 0 Å². The molecule has 0 atom stereocenters. The van der Waals surface area contributed by atoms with Gasteiger partial charge in [0.15, 0.2) is 0 Å². The maximum Gasteiger partial charge on any atom is 0.269 e. The van der Waals surface area contributed by atoms with Crippen LogP contribution in [0.15, 0.2) is 48.7 Å². The lowest BCUT2D eigenvalue weighted by Crippen LogP contribution is -2.45. The molecule has 130 valence electrons. The fourth-order valence-corrected chi connectivity index (χ4v) is 2.88. The number of benzene rings is 1. The van der Waals surface area contributed by atoms with E-state index in [1.165, 1.54) is 5.56 Å². The van der Waals surface area contributed by atoms with Crippen LogP contribution in [0.1, 0.15) is 16.1 Å². The van der Waals surface area contributed by atoms with E-state index >= 15 is 0 Å². The SMILES string of the molecule is O=CN1CCN(c2ccnc(C(=O)NCCc3ccccc3)c2)CC1. The second kappa shape index (κ2) is 8.28. The molecular formula is C19H22N4O2. The van der Waals surface area contributed by atoms with Crippen molar-refractivity contribution >= 4 is 18.0 Å². The molecule has 0 unspecified atom stereocenters. The molecule has 1 aromatic heterocycles. The Bertz CT molecular complexity index is 712. The Hall–Kier alpha value is -2.89. The third kappa shape index (κ3) is 4.56. The second-order valence-electron chi connectivity index (χ2n) is 6.02. The summed E-state index contributed by atoms with van der Waals surface area (Å²) in [5, 5.41) is 2.92. The first-order chi connectivity index (χ1) is 12.3. The zero-order chi connectivity index (χ0) is 17.5. The number of pyridine rings is 1. The first kappa shape index (κ1) is 17.0. The lowest BCUT2D eigenvalue weighted by molar-refractivity contribution is -0.118. The number of piperazine rings is 1.